The molecule has 0 saturated carbocycles. The van der Waals surface area contributed by atoms with E-state index in [1.54, 1.807) is 55.4 Å². The van der Waals surface area contributed by atoms with Gasteiger partial charge >= 0.3 is 47.8 Å². The lowest BCUT2D eigenvalue weighted by Crippen LogP contribution is -2.29. The molecule has 4 aliphatic heterocycles. The molecule has 0 aliphatic carbocycles. The van der Waals surface area contributed by atoms with E-state index in [4.69, 9.17) is 37.9 Å². The molecular weight excluding hydrogens is 1220 g/mol. The summed E-state index contributed by atoms with van der Waals surface area (Å²) < 4.78 is 39.2. The van der Waals surface area contributed by atoms with Crippen molar-refractivity contribution in [2.45, 2.75) is 281 Å². The quantitative estimate of drug-likeness (QED) is 0.0215. The Morgan fingerprint density at radius 3 is 0.964 bits per heavy atom. The molecule has 4 aliphatic rings. The predicted molar refractivity (Wildman–Crippen MR) is 358 cm³/mol. The number of rotatable bonds is 30. The van der Waals surface area contributed by atoms with Crippen molar-refractivity contribution in [3.05, 3.63) is 0 Å². The highest BCUT2D eigenvalue weighted by Crippen LogP contribution is 2.42. The van der Waals surface area contributed by atoms with Gasteiger partial charge in [0.15, 0.2) is 0 Å². The Hall–Kier alpha value is -1.44. The SMILES string of the molecule is C.C.C.C.C.CC(=O)OC(C)OC(=O)CCCC[C@@H]1CCSS1.CC(C)(C)C(=O)OCOC(=O)CCCC[C@@H]1CCSS1.CC(OC(=O)CCCC[C@@H]1CCSS1)OC(=O)C(C)(C)C.CCCC(=O)OCOC(=O)CCCC[C@@H]1CCSS1. The highest BCUT2D eigenvalue weighted by molar-refractivity contribution is 8.78. The number of esters is 8. The monoisotopic (exact) mass is 1330 g/mol. The third-order valence-electron chi connectivity index (χ3n) is 11.3. The maximum absolute atomic E-state index is 11.7. The Morgan fingerprint density at radius 2 is 0.687 bits per heavy atom. The molecule has 16 nitrogen and oxygen atoms in total. The summed E-state index contributed by atoms with van der Waals surface area (Å²) in [7, 11) is 15.6. The molecule has 4 fully saturated rings. The molecule has 24 heteroatoms. The van der Waals surface area contributed by atoms with Crippen molar-refractivity contribution in [2.24, 2.45) is 10.8 Å². The number of carbonyl (C=O) groups is 8. The molecule has 492 valence electrons. The van der Waals surface area contributed by atoms with Crippen LogP contribution in [-0.4, -0.2) is 118 Å². The van der Waals surface area contributed by atoms with E-state index in [-0.39, 0.29) is 92.5 Å². The summed E-state index contributed by atoms with van der Waals surface area (Å²) in [5, 5.41) is 3.02. The second-order valence-corrected chi connectivity index (χ2v) is 32.0. The molecule has 0 aromatic heterocycles. The molecule has 0 N–H and O–H groups in total. The predicted octanol–water partition coefficient (Wildman–Crippen LogP) is 17.8. The fourth-order valence-corrected chi connectivity index (χ4v) is 19.0. The number of ether oxygens (including phenoxy) is 8. The van der Waals surface area contributed by atoms with Crippen LogP contribution in [0, 0.1) is 10.8 Å². The number of carbonyl (C=O) groups excluding carboxylic acids is 8. The Labute approximate surface area is 535 Å². The molecule has 0 aromatic carbocycles. The summed E-state index contributed by atoms with van der Waals surface area (Å²) in [5.74, 6) is 2.35. The van der Waals surface area contributed by atoms with Crippen LogP contribution in [0.25, 0.3) is 0 Å². The fourth-order valence-electron chi connectivity index (χ4n) is 6.87. The van der Waals surface area contributed by atoms with Gasteiger partial charge in [-0.3, -0.25) is 38.4 Å². The van der Waals surface area contributed by atoms with Gasteiger partial charge in [0.05, 0.1) is 10.8 Å². The number of hydrogen-bond acceptors (Lipinski definition) is 24. The zero-order valence-corrected chi connectivity index (χ0v) is 54.6. The van der Waals surface area contributed by atoms with Gasteiger partial charge < -0.3 is 37.9 Å². The van der Waals surface area contributed by atoms with Crippen molar-refractivity contribution < 1.29 is 76.3 Å². The molecule has 4 heterocycles. The van der Waals surface area contributed by atoms with Crippen LogP contribution in [0.4, 0.5) is 0 Å². The van der Waals surface area contributed by atoms with Crippen molar-refractivity contribution in [3.8, 4) is 0 Å². The van der Waals surface area contributed by atoms with Crippen LogP contribution in [0.2, 0.25) is 0 Å². The number of unbranched alkanes of at least 4 members (excludes halogenated alkanes) is 4. The molecular formula is C59H112O16S8. The minimum Gasteiger partial charge on any atom is -0.428 e. The van der Waals surface area contributed by atoms with Crippen LogP contribution in [0.1, 0.15) is 248 Å². The van der Waals surface area contributed by atoms with Crippen molar-refractivity contribution in [3.63, 3.8) is 0 Å². The van der Waals surface area contributed by atoms with Crippen LogP contribution >= 0.6 is 86.4 Å². The summed E-state index contributed by atoms with van der Waals surface area (Å²) >= 11 is 0. The van der Waals surface area contributed by atoms with E-state index in [1.807, 2.05) is 93.3 Å². The standard InChI is InChI=1S/C15H26O4S2.C14H24O4S2.C13H22O4S2.C12H20O4S2.5CH4/c1-11(19-14(17)15(2,3)4)18-13(16)8-6-5-7-12-9-10-20-21-12;1-14(2,3)13(16)18-10-17-12(15)7-5-4-6-11-8-9-19-20-11;1-2-5-12(14)16-10-17-13(15)7-4-3-6-11-8-9-18-19-11;1-9(13)15-10(2)16-12(14)6-4-3-5-11-7-8-17-18-11;;;;;/h11-12H,5-10H2,1-4H3;11H,4-10H2,1-3H3;11H,2-10H2,1H3;10-11H,3-8H2,1-2H3;5*1H4/t11?,12-;2*11-;10?,11-;;;;;/m1111...../s1. The molecule has 83 heavy (non-hydrogen) atoms. The van der Waals surface area contributed by atoms with Crippen molar-refractivity contribution in [1.82, 2.24) is 0 Å². The summed E-state index contributed by atoms with van der Waals surface area (Å²) in [5.41, 5.74) is -1.15. The summed E-state index contributed by atoms with van der Waals surface area (Å²) in [4.78, 5) is 90.6. The van der Waals surface area contributed by atoms with E-state index in [9.17, 15) is 38.4 Å². The highest BCUT2D eigenvalue weighted by Gasteiger charge is 2.27. The first-order chi connectivity index (χ1) is 37.0. The molecule has 0 aromatic rings. The molecule has 2 unspecified atom stereocenters. The lowest BCUT2D eigenvalue weighted by molar-refractivity contribution is -0.191. The van der Waals surface area contributed by atoms with Crippen molar-refractivity contribution in [1.29, 1.82) is 0 Å². The summed E-state index contributed by atoms with van der Waals surface area (Å²) in [6.45, 7) is 16.4. The zero-order valence-electron chi connectivity index (χ0n) is 48.1. The van der Waals surface area contributed by atoms with E-state index in [0.29, 0.717) is 32.1 Å². The Morgan fingerprint density at radius 1 is 0.398 bits per heavy atom. The summed E-state index contributed by atoms with van der Waals surface area (Å²) in [6, 6.07) is 0. The number of hydrogen-bond donors (Lipinski definition) is 0. The van der Waals surface area contributed by atoms with Crippen LogP contribution in [0.3, 0.4) is 0 Å². The van der Waals surface area contributed by atoms with Gasteiger partial charge in [0.25, 0.3) is 0 Å². The van der Waals surface area contributed by atoms with E-state index in [0.717, 1.165) is 78.8 Å². The highest BCUT2D eigenvalue weighted by atomic mass is 33.1. The van der Waals surface area contributed by atoms with Gasteiger partial charge in [0, 0.05) is 96.9 Å². The van der Waals surface area contributed by atoms with Gasteiger partial charge in [-0.25, -0.2) is 0 Å². The topological polar surface area (TPSA) is 210 Å². The smallest absolute Gasteiger partial charge is 0.314 e. The molecule has 0 bridgehead atoms. The minimum atomic E-state index is -0.814. The van der Waals surface area contributed by atoms with Crippen molar-refractivity contribution >= 4 is 134 Å². The van der Waals surface area contributed by atoms with Gasteiger partial charge in [-0.15, -0.1) is 0 Å². The Kier molecular flexibility index (Phi) is 59.5. The molecule has 4 rings (SSSR count). The molecule has 0 radical (unpaired) electrons. The van der Waals surface area contributed by atoms with Gasteiger partial charge in [-0.1, -0.05) is 156 Å². The molecule has 0 amide bonds. The lowest BCUT2D eigenvalue weighted by Gasteiger charge is -2.20. The third-order valence-corrected chi connectivity index (χ3v) is 23.3. The van der Waals surface area contributed by atoms with Gasteiger partial charge in [0.2, 0.25) is 26.2 Å². The largest absolute Gasteiger partial charge is 0.428 e. The van der Waals surface area contributed by atoms with Gasteiger partial charge in [0.1, 0.15) is 0 Å². The van der Waals surface area contributed by atoms with Crippen molar-refractivity contribution in [2.75, 3.05) is 36.6 Å². The Bertz CT molecular complexity index is 1710. The second-order valence-electron chi connectivity index (χ2n) is 20.9. The van der Waals surface area contributed by atoms with Gasteiger partial charge in [-0.2, -0.15) is 0 Å². The Balaban J connectivity index is -0.000000320. The first-order valence-corrected chi connectivity index (χ1v) is 37.1. The average molecular weight is 1330 g/mol. The first kappa shape index (κ1) is 90.3. The van der Waals surface area contributed by atoms with E-state index < -0.39 is 29.4 Å². The van der Waals surface area contributed by atoms with E-state index in [1.165, 1.54) is 81.3 Å². The van der Waals surface area contributed by atoms with Crippen LogP contribution in [0.5, 0.6) is 0 Å². The molecule has 6 atom stereocenters. The first-order valence-electron chi connectivity index (χ1n) is 27.5. The maximum Gasteiger partial charge on any atom is 0.314 e. The maximum atomic E-state index is 11.7. The van der Waals surface area contributed by atoms with E-state index in [2.05, 4.69) is 0 Å². The summed E-state index contributed by atoms with van der Waals surface area (Å²) in [6.07, 6.45) is 18.5. The van der Waals surface area contributed by atoms with Crippen LogP contribution in [0.15, 0.2) is 0 Å². The second kappa shape index (κ2) is 54.7. The minimum absolute atomic E-state index is 0. The molecule has 0 spiro atoms. The van der Waals surface area contributed by atoms with Gasteiger partial charge in [-0.05, 0) is 125 Å². The van der Waals surface area contributed by atoms with Crippen LogP contribution in [-0.2, 0) is 76.3 Å². The lowest BCUT2D eigenvalue weighted by atomic mass is 9.97. The average Bonchev–Trinajstić information content (AvgIpc) is 4.23. The fraction of sp³-hybridized carbons (Fsp3) is 0.864. The van der Waals surface area contributed by atoms with Crippen LogP contribution < -0.4 is 0 Å². The normalized spacial score (nSPS) is 18.2. The molecule has 4 saturated heterocycles. The third kappa shape index (κ3) is 52.2. The zero-order chi connectivity index (χ0) is 58.2. The van der Waals surface area contributed by atoms with E-state index >= 15 is 0 Å².